The van der Waals surface area contributed by atoms with E-state index in [0.717, 1.165) is 38.2 Å². The summed E-state index contributed by atoms with van der Waals surface area (Å²) in [5.74, 6) is -1.08. The highest BCUT2D eigenvalue weighted by molar-refractivity contribution is 7.16. The molecule has 0 amide bonds. The van der Waals surface area contributed by atoms with E-state index in [-0.39, 0.29) is 12.4 Å². The van der Waals surface area contributed by atoms with Gasteiger partial charge in [-0.1, -0.05) is 30.3 Å². The number of rotatable bonds is 6. The molecular weight excluding hydrogens is 470 g/mol. The van der Waals surface area contributed by atoms with Crippen molar-refractivity contribution in [1.82, 2.24) is 15.3 Å². The van der Waals surface area contributed by atoms with Gasteiger partial charge in [0.05, 0.1) is 5.57 Å². The number of ether oxygens (including phenoxy) is 1. The van der Waals surface area contributed by atoms with E-state index in [1.165, 1.54) is 18.3 Å². The van der Waals surface area contributed by atoms with Gasteiger partial charge in [-0.15, -0.1) is 11.3 Å². The van der Waals surface area contributed by atoms with Gasteiger partial charge in [0, 0.05) is 46.9 Å². The van der Waals surface area contributed by atoms with Gasteiger partial charge in [-0.05, 0) is 66.6 Å². The number of benzene rings is 1. The van der Waals surface area contributed by atoms with Crippen LogP contribution in [0.2, 0.25) is 0 Å². The Morgan fingerprint density at radius 1 is 0.972 bits per heavy atom. The summed E-state index contributed by atoms with van der Waals surface area (Å²) in [5, 5.41) is 6.16. The summed E-state index contributed by atoms with van der Waals surface area (Å²) in [7, 11) is 0. The number of nitrogens with one attached hydrogen (secondary N) is 1. The topological polar surface area (TPSA) is 81.2 Å². The number of thiophene rings is 1. The zero-order valence-electron chi connectivity index (χ0n) is 20.2. The molecule has 5 rings (SSSR count). The summed E-state index contributed by atoms with van der Waals surface area (Å²) in [6.45, 7) is 5.36. The molecule has 1 N–H and O–H groups in total. The first-order chi connectivity index (χ1) is 17.5. The standard InChI is InChI=1S/C29H25N3O3S/c1-17-25(19(3)33)27(24-16-36-28-23(24)9-6-12-31-28)26(18(2)32-17)29(34)35-15-21-7-4-5-8-22(21)20-10-13-30-14-11-20/h4-14,16,27,32H,15H2,1-3H3. The highest BCUT2D eigenvalue weighted by Gasteiger charge is 2.37. The second-order valence-electron chi connectivity index (χ2n) is 8.71. The first-order valence-electron chi connectivity index (χ1n) is 11.6. The van der Waals surface area contributed by atoms with Gasteiger partial charge >= 0.3 is 5.97 Å². The minimum Gasteiger partial charge on any atom is -0.457 e. The molecule has 1 atom stereocenters. The monoisotopic (exact) mass is 495 g/mol. The lowest BCUT2D eigenvalue weighted by Gasteiger charge is -2.30. The van der Waals surface area contributed by atoms with Crippen LogP contribution >= 0.6 is 11.3 Å². The molecule has 6 nitrogen and oxygen atoms in total. The number of fused-ring (bicyclic) bond motifs is 1. The number of dihydropyridines is 1. The molecule has 0 aliphatic carbocycles. The van der Waals surface area contributed by atoms with E-state index in [1.807, 2.05) is 67.8 Å². The molecular formula is C29H25N3O3S. The van der Waals surface area contributed by atoms with Crippen LogP contribution in [0.3, 0.4) is 0 Å². The molecule has 0 bridgehead atoms. The average Bonchev–Trinajstić information content (AvgIpc) is 3.31. The molecule has 1 aromatic carbocycles. The summed E-state index contributed by atoms with van der Waals surface area (Å²) in [6, 6.07) is 15.5. The van der Waals surface area contributed by atoms with Crippen LogP contribution in [-0.4, -0.2) is 21.7 Å². The zero-order chi connectivity index (χ0) is 25.2. The normalized spacial score (nSPS) is 15.7. The lowest BCUT2D eigenvalue weighted by molar-refractivity contribution is -0.140. The summed E-state index contributed by atoms with van der Waals surface area (Å²) in [5.41, 5.74) is 6.18. The highest BCUT2D eigenvalue weighted by atomic mass is 32.1. The van der Waals surface area contributed by atoms with Crippen molar-refractivity contribution in [2.75, 3.05) is 0 Å². The SMILES string of the molecule is CC(=O)C1=C(C)NC(C)=C(C(=O)OCc2ccccc2-c2ccncc2)C1c1csc2ncccc12. The number of carbonyl (C=O) groups is 2. The number of hydrogen-bond donors (Lipinski definition) is 1. The predicted molar refractivity (Wildman–Crippen MR) is 141 cm³/mol. The van der Waals surface area contributed by atoms with Crippen LogP contribution in [0.5, 0.6) is 0 Å². The fraction of sp³-hybridized carbons (Fsp3) is 0.172. The summed E-state index contributed by atoms with van der Waals surface area (Å²) >= 11 is 1.50. The quantitative estimate of drug-likeness (QED) is 0.334. The Bertz CT molecular complexity index is 1540. The molecule has 1 aliphatic heterocycles. The largest absolute Gasteiger partial charge is 0.457 e. The molecule has 0 fully saturated rings. The van der Waals surface area contributed by atoms with E-state index in [4.69, 9.17) is 4.74 Å². The van der Waals surface area contributed by atoms with Crippen LogP contribution in [0.4, 0.5) is 0 Å². The van der Waals surface area contributed by atoms with Crippen LogP contribution in [-0.2, 0) is 20.9 Å². The minimum atomic E-state index is -0.537. The molecule has 0 saturated heterocycles. The Morgan fingerprint density at radius 2 is 1.72 bits per heavy atom. The smallest absolute Gasteiger partial charge is 0.337 e. The van der Waals surface area contributed by atoms with Crippen LogP contribution in [0.1, 0.15) is 37.8 Å². The fourth-order valence-corrected chi connectivity index (χ4v) is 5.77. The van der Waals surface area contributed by atoms with Crippen molar-refractivity contribution in [1.29, 1.82) is 0 Å². The third kappa shape index (κ3) is 4.33. The van der Waals surface area contributed by atoms with Crippen LogP contribution in [0, 0.1) is 0 Å². The molecule has 3 aromatic heterocycles. The third-order valence-electron chi connectivity index (χ3n) is 6.42. The van der Waals surface area contributed by atoms with Gasteiger partial charge in [-0.3, -0.25) is 9.78 Å². The van der Waals surface area contributed by atoms with Crippen LogP contribution in [0.15, 0.2) is 95.0 Å². The third-order valence-corrected chi connectivity index (χ3v) is 7.34. The first-order valence-corrected chi connectivity index (χ1v) is 12.5. The summed E-state index contributed by atoms with van der Waals surface area (Å²) < 4.78 is 5.91. The van der Waals surface area contributed by atoms with Gasteiger partial charge in [0.1, 0.15) is 11.4 Å². The van der Waals surface area contributed by atoms with Gasteiger partial charge in [0.2, 0.25) is 0 Å². The minimum absolute atomic E-state index is 0.0888. The number of hydrogen-bond acceptors (Lipinski definition) is 7. The molecule has 36 heavy (non-hydrogen) atoms. The Kier molecular flexibility index (Phi) is 6.48. The lowest BCUT2D eigenvalue weighted by Crippen LogP contribution is -2.31. The van der Waals surface area contributed by atoms with Crippen molar-refractivity contribution >= 4 is 33.3 Å². The number of carbonyl (C=O) groups excluding carboxylic acids is 2. The zero-order valence-corrected chi connectivity index (χ0v) is 21.1. The number of allylic oxidation sites excluding steroid dienone is 3. The van der Waals surface area contributed by atoms with Crippen molar-refractivity contribution < 1.29 is 14.3 Å². The highest BCUT2D eigenvalue weighted by Crippen LogP contribution is 2.43. The average molecular weight is 496 g/mol. The molecule has 0 radical (unpaired) electrons. The molecule has 0 saturated carbocycles. The maximum absolute atomic E-state index is 13.7. The van der Waals surface area contributed by atoms with Crippen molar-refractivity contribution in [2.45, 2.75) is 33.3 Å². The van der Waals surface area contributed by atoms with Gasteiger partial charge in [-0.2, -0.15) is 0 Å². The number of ketones is 1. The van der Waals surface area contributed by atoms with Crippen LogP contribution in [0.25, 0.3) is 21.3 Å². The Morgan fingerprint density at radius 3 is 2.50 bits per heavy atom. The number of aromatic nitrogens is 2. The van der Waals surface area contributed by atoms with E-state index in [9.17, 15) is 9.59 Å². The second kappa shape index (κ2) is 9.87. The van der Waals surface area contributed by atoms with Gasteiger partial charge in [-0.25, -0.2) is 9.78 Å². The maximum atomic E-state index is 13.7. The lowest BCUT2D eigenvalue weighted by atomic mass is 9.79. The predicted octanol–water partition coefficient (Wildman–Crippen LogP) is 5.93. The van der Waals surface area contributed by atoms with Crippen molar-refractivity contribution in [3.8, 4) is 11.1 Å². The Hall–Kier alpha value is -4.10. The molecule has 1 aliphatic rings. The van der Waals surface area contributed by atoms with Crippen molar-refractivity contribution in [3.05, 3.63) is 106 Å². The van der Waals surface area contributed by atoms with E-state index >= 15 is 0 Å². The van der Waals surface area contributed by atoms with Crippen molar-refractivity contribution in [3.63, 3.8) is 0 Å². The summed E-state index contributed by atoms with van der Waals surface area (Å²) in [4.78, 5) is 35.9. The molecule has 4 heterocycles. The van der Waals surface area contributed by atoms with Gasteiger partial charge in [0.15, 0.2) is 5.78 Å². The number of esters is 1. The number of Topliss-reactive ketones (excluding diaryl/α,β-unsaturated/α-hetero) is 1. The molecule has 180 valence electrons. The number of pyridine rings is 2. The van der Waals surface area contributed by atoms with E-state index in [2.05, 4.69) is 15.3 Å². The fourth-order valence-electron chi connectivity index (χ4n) is 4.83. The molecule has 7 heteroatoms. The van der Waals surface area contributed by atoms with E-state index < -0.39 is 11.9 Å². The molecule has 0 spiro atoms. The van der Waals surface area contributed by atoms with Crippen molar-refractivity contribution in [2.24, 2.45) is 0 Å². The van der Waals surface area contributed by atoms with E-state index in [1.54, 1.807) is 18.6 Å². The number of nitrogens with zero attached hydrogens (tertiary/aromatic N) is 2. The van der Waals surface area contributed by atoms with Gasteiger partial charge in [0.25, 0.3) is 0 Å². The summed E-state index contributed by atoms with van der Waals surface area (Å²) in [6.07, 6.45) is 5.22. The van der Waals surface area contributed by atoms with Gasteiger partial charge < -0.3 is 10.1 Å². The Labute approximate surface area is 213 Å². The maximum Gasteiger partial charge on any atom is 0.337 e. The first kappa shape index (κ1) is 23.6. The molecule has 4 aromatic rings. The van der Waals surface area contributed by atoms with Crippen LogP contribution < -0.4 is 5.32 Å². The second-order valence-corrected chi connectivity index (χ2v) is 9.57. The molecule has 1 unspecified atom stereocenters. The Balaban J connectivity index is 1.51. The van der Waals surface area contributed by atoms with E-state index in [0.29, 0.717) is 16.8 Å².